The van der Waals surface area contributed by atoms with Crippen molar-refractivity contribution in [2.24, 2.45) is 0 Å². The van der Waals surface area contributed by atoms with E-state index in [1.165, 1.54) is 10.5 Å². The highest BCUT2D eigenvalue weighted by Crippen LogP contribution is 2.30. The number of benzene rings is 1. The molecule has 0 saturated carbocycles. The number of hydrogen-bond donors (Lipinski definition) is 2. The van der Waals surface area contributed by atoms with E-state index in [0.717, 1.165) is 40.7 Å². The standard InChI is InChI=1S/C20H20F3N5O2S/c1-11-6-12(2)18(13(3)7-11)25-16(29)8-24-17(30)10-31-19-27-26-15-5-4-14(9-28(15)19)20(21,22)23/h4-7,9H,8,10H2,1-3H3,(H,24,30)(H,25,29). The summed E-state index contributed by atoms with van der Waals surface area (Å²) < 4.78 is 39.9. The minimum atomic E-state index is -4.50. The number of anilines is 1. The largest absolute Gasteiger partial charge is 0.417 e. The first-order chi connectivity index (χ1) is 14.5. The van der Waals surface area contributed by atoms with Gasteiger partial charge in [-0.05, 0) is 44.0 Å². The Bertz CT molecular complexity index is 1120. The molecule has 2 amide bonds. The molecule has 2 heterocycles. The number of thioether (sulfide) groups is 1. The Balaban J connectivity index is 1.55. The maximum Gasteiger partial charge on any atom is 0.417 e. The molecule has 0 aliphatic rings. The van der Waals surface area contributed by atoms with Crippen molar-refractivity contribution in [3.8, 4) is 0 Å². The molecule has 164 valence electrons. The van der Waals surface area contributed by atoms with Crippen molar-refractivity contribution >= 4 is 34.9 Å². The van der Waals surface area contributed by atoms with Crippen LogP contribution >= 0.6 is 11.8 Å². The molecule has 0 unspecified atom stereocenters. The molecule has 3 rings (SSSR count). The molecule has 0 aliphatic carbocycles. The lowest BCUT2D eigenvalue weighted by atomic mass is 10.1. The molecule has 0 aliphatic heterocycles. The van der Waals surface area contributed by atoms with Gasteiger partial charge in [-0.1, -0.05) is 29.5 Å². The summed E-state index contributed by atoms with van der Waals surface area (Å²) in [6.07, 6.45) is -3.62. The second-order valence-electron chi connectivity index (χ2n) is 7.01. The van der Waals surface area contributed by atoms with E-state index < -0.39 is 17.6 Å². The van der Waals surface area contributed by atoms with Crippen LogP contribution in [0, 0.1) is 20.8 Å². The van der Waals surface area contributed by atoms with Gasteiger partial charge in [0.05, 0.1) is 17.9 Å². The van der Waals surface area contributed by atoms with Gasteiger partial charge in [0.1, 0.15) is 0 Å². The van der Waals surface area contributed by atoms with Crippen LogP contribution in [0.4, 0.5) is 18.9 Å². The average molecular weight is 451 g/mol. The highest BCUT2D eigenvalue weighted by Gasteiger charge is 2.31. The molecule has 0 radical (unpaired) electrons. The van der Waals surface area contributed by atoms with E-state index in [1.54, 1.807) is 0 Å². The van der Waals surface area contributed by atoms with Crippen molar-refractivity contribution in [1.82, 2.24) is 19.9 Å². The first-order valence-electron chi connectivity index (χ1n) is 9.24. The molecule has 0 atom stereocenters. The van der Waals surface area contributed by atoms with Gasteiger partial charge in [-0.3, -0.25) is 14.0 Å². The summed E-state index contributed by atoms with van der Waals surface area (Å²) in [6.45, 7) is 5.51. The summed E-state index contributed by atoms with van der Waals surface area (Å²) in [7, 11) is 0. The van der Waals surface area contributed by atoms with Gasteiger partial charge in [-0.2, -0.15) is 13.2 Å². The summed E-state index contributed by atoms with van der Waals surface area (Å²) in [4.78, 5) is 24.3. The summed E-state index contributed by atoms with van der Waals surface area (Å²) in [5.74, 6) is -0.968. The van der Waals surface area contributed by atoms with E-state index >= 15 is 0 Å². The van der Waals surface area contributed by atoms with Crippen LogP contribution in [0.15, 0.2) is 35.6 Å². The van der Waals surface area contributed by atoms with Crippen LogP contribution < -0.4 is 10.6 Å². The predicted molar refractivity (Wildman–Crippen MR) is 111 cm³/mol. The Hall–Kier alpha value is -3.08. The van der Waals surface area contributed by atoms with Crippen molar-refractivity contribution in [1.29, 1.82) is 0 Å². The lowest BCUT2D eigenvalue weighted by Gasteiger charge is -2.13. The number of pyridine rings is 1. The summed E-state index contributed by atoms with van der Waals surface area (Å²) >= 11 is 0.924. The number of alkyl halides is 3. The minimum absolute atomic E-state index is 0.132. The number of amides is 2. The average Bonchev–Trinajstić information content (AvgIpc) is 3.09. The number of fused-ring (bicyclic) bond motifs is 1. The highest BCUT2D eigenvalue weighted by molar-refractivity contribution is 7.99. The normalized spacial score (nSPS) is 11.5. The fourth-order valence-electron chi connectivity index (χ4n) is 3.06. The lowest BCUT2D eigenvalue weighted by molar-refractivity contribution is -0.137. The Morgan fingerprint density at radius 2 is 1.74 bits per heavy atom. The predicted octanol–water partition coefficient (Wildman–Crippen LogP) is 3.52. The third kappa shape index (κ3) is 5.54. The number of rotatable bonds is 6. The molecule has 2 aromatic heterocycles. The minimum Gasteiger partial charge on any atom is -0.346 e. The van der Waals surface area contributed by atoms with Gasteiger partial charge in [0.25, 0.3) is 0 Å². The van der Waals surface area contributed by atoms with Crippen molar-refractivity contribution in [2.45, 2.75) is 32.1 Å². The van der Waals surface area contributed by atoms with Gasteiger partial charge >= 0.3 is 6.18 Å². The van der Waals surface area contributed by atoms with Crippen LogP contribution in [-0.2, 0) is 15.8 Å². The zero-order valence-electron chi connectivity index (χ0n) is 17.0. The van der Waals surface area contributed by atoms with E-state index in [9.17, 15) is 22.8 Å². The van der Waals surface area contributed by atoms with Crippen LogP contribution in [0.3, 0.4) is 0 Å². The van der Waals surface area contributed by atoms with E-state index in [2.05, 4.69) is 20.8 Å². The van der Waals surface area contributed by atoms with Crippen LogP contribution in [0.5, 0.6) is 0 Å². The number of aryl methyl sites for hydroxylation is 3. The molecule has 7 nitrogen and oxygen atoms in total. The van der Waals surface area contributed by atoms with Crippen LogP contribution in [0.2, 0.25) is 0 Å². The van der Waals surface area contributed by atoms with Crippen molar-refractivity contribution in [3.05, 3.63) is 52.7 Å². The Morgan fingerprint density at radius 3 is 2.39 bits per heavy atom. The summed E-state index contributed by atoms with van der Waals surface area (Å²) in [6, 6.07) is 6.02. The molecule has 1 aromatic carbocycles. The van der Waals surface area contributed by atoms with E-state index in [4.69, 9.17) is 0 Å². The third-order valence-electron chi connectivity index (χ3n) is 4.42. The van der Waals surface area contributed by atoms with Crippen molar-refractivity contribution in [2.75, 3.05) is 17.6 Å². The number of aromatic nitrogens is 3. The van der Waals surface area contributed by atoms with Gasteiger partial charge < -0.3 is 10.6 Å². The smallest absolute Gasteiger partial charge is 0.346 e. The van der Waals surface area contributed by atoms with E-state index in [0.29, 0.717) is 5.69 Å². The molecule has 3 aromatic rings. The van der Waals surface area contributed by atoms with Crippen molar-refractivity contribution < 1.29 is 22.8 Å². The molecule has 0 saturated heterocycles. The van der Waals surface area contributed by atoms with Crippen LogP contribution in [-0.4, -0.2) is 38.7 Å². The van der Waals surface area contributed by atoms with Gasteiger partial charge in [-0.15, -0.1) is 10.2 Å². The maximum absolute atomic E-state index is 12.9. The van der Waals surface area contributed by atoms with Gasteiger partial charge in [-0.25, -0.2) is 0 Å². The first-order valence-corrected chi connectivity index (χ1v) is 10.2. The molecule has 31 heavy (non-hydrogen) atoms. The lowest BCUT2D eigenvalue weighted by Crippen LogP contribution is -2.34. The fraction of sp³-hybridized carbons (Fsp3) is 0.300. The SMILES string of the molecule is Cc1cc(C)c(NC(=O)CNC(=O)CSc2nnc3ccc(C(F)(F)F)cn23)c(C)c1. The Morgan fingerprint density at radius 1 is 1.06 bits per heavy atom. The molecule has 2 N–H and O–H groups in total. The molecule has 0 bridgehead atoms. The van der Waals surface area contributed by atoms with Crippen molar-refractivity contribution in [3.63, 3.8) is 0 Å². The monoisotopic (exact) mass is 451 g/mol. The number of nitrogens with one attached hydrogen (secondary N) is 2. The second kappa shape index (κ2) is 8.96. The number of nitrogens with zero attached hydrogens (tertiary/aromatic N) is 3. The zero-order chi connectivity index (χ0) is 22.8. The number of carbonyl (C=O) groups is 2. The highest BCUT2D eigenvalue weighted by atomic mass is 32.2. The zero-order valence-corrected chi connectivity index (χ0v) is 17.8. The Labute approximate surface area is 180 Å². The maximum atomic E-state index is 12.9. The van der Waals surface area contributed by atoms with Gasteiger partial charge in [0, 0.05) is 11.9 Å². The number of carbonyl (C=O) groups excluding carboxylic acids is 2. The van der Waals surface area contributed by atoms with Gasteiger partial charge in [0.2, 0.25) is 11.8 Å². The summed E-state index contributed by atoms with van der Waals surface area (Å²) in [5.41, 5.74) is 3.02. The molecular weight excluding hydrogens is 431 g/mol. The van der Waals surface area contributed by atoms with Crippen LogP contribution in [0.1, 0.15) is 22.3 Å². The number of halogens is 3. The molecule has 0 spiro atoms. The quantitative estimate of drug-likeness (QED) is 0.560. The first kappa shape index (κ1) is 22.6. The van der Waals surface area contributed by atoms with E-state index in [-0.39, 0.29) is 29.0 Å². The topological polar surface area (TPSA) is 88.4 Å². The fourth-order valence-corrected chi connectivity index (χ4v) is 3.80. The second-order valence-corrected chi connectivity index (χ2v) is 7.96. The van der Waals surface area contributed by atoms with Crippen LogP contribution in [0.25, 0.3) is 5.65 Å². The molecule has 0 fully saturated rings. The molecule has 11 heteroatoms. The molecular formula is C20H20F3N5O2S. The Kier molecular flexibility index (Phi) is 6.54. The van der Waals surface area contributed by atoms with Gasteiger partial charge in [0.15, 0.2) is 10.8 Å². The number of hydrogen-bond acceptors (Lipinski definition) is 5. The third-order valence-corrected chi connectivity index (χ3v) is 5.36. The van der Waals surface area contributed by atoms with E-state index in [1.807, 2.05) is 32.9 Å². The summed E-state index contributed by atoms with van der Waals surface area (Å²) in [5, 5.41) is 13.0.